The standard InChI is InChI=1S/C45H25N3O2/c1-4-13-30-26(10-1)20-23-33-29-12-3-2-11-27(29)24-36(41(30)33)45-47-43(28-21-22-32-31-14-5-7-17-37(31)50-40(32)25-28)46-44(48-45)35-16-9-19-39-42(35)34-15-6-8-18-38(34)49-39/h1-25H. The molecule has 0 saturated carbocycles. The van der Waals surface area contributed by atoms with E-state index in [2.05, 4.69) is 97.1 Å². The van der Waals surface area contributed by atoms with Gasteiger partial charge in [0.05, 0.1) is 0 Å². The quantitative estimate of drug-likeness (QED) is 0.180. The number of hydrogen-bond donors (Lipinski definition) is 0. The molecule has 0 amide bonds. The van der Waals surface area contributed by atoms with Crippen molar-refractivity contribution in [3.05, 3.63) is 152 Å². The summed E-state index contributed by atoms with van der Waals surface area (Å²) in [5, 5.41) is 11.0. The molecule has 0 fully saturated rings. The van der Waals surface area contributed by atoms with Gasteiger partial charge in [-0.1, -0.05) is 115 Å². The summed E-state index contributed by atoms with van der Waals surface area (Å²) in [5.41, 5.74) is 5.94. The maximum absolute atomic E-state index is 6.31. The lowest BCUT2D eigenvalue weighted by atomic mass is 9.92. The molecule has 0 aliphatic rings. The highest BCUT2D eigenvalue weighted by Gasteiger charge is 2.21. The van der Waals surface area contributed by atoms with Gasteiger partial charge in [0.15, 0.2) is 17.5 Å². The van der Waals surface area contributed by atoms with E-state index in [0.29, 0.717) is 17.5 Å². The molecular weight excluding hydrogens is 615 g/mol. The summed E-state index contributed by atoms with van der Waals surface area (Å²) in [6.45, 7) is 0. The monoisotopic (exact) mass is 639 g/mol. The van der Waals surface area contributed by atoms with Gasteiger partial charge in [0.2, 0.25) is 0 Å². The molecule has 0 radical (unpaired) electrons. The molecule has 3 heterocycles. The van der Waals surface area contributed by atoms with Crippen LogP contribution in [0.15, 0.2) is 160 Å². The van der Waals surface area contributed by atoms with Gasteiger partial charge in [0, 0.05) is 43.6 Å². The first-order valence-electron chi connectivity index (χ1n) is 16.7. The zero-order valence-electron chi connectivity index (χ0n) is 26.6. The molecule has 0 aliphatic heterocycles. The number of hydrogen-bond acceptors (Lipinski definition) is 5. The highest BCUT2D eigenvalue weighted by atomic mass is 16.3. The van der Waals surface area contributed by atoms with Crippen LogP contribution >= 0.6 is 0 Å². The number of fused-ring (bicyclic) bond motifs is 11. The van der Waals surface area contributed by atoms with Crippen LogP contribution in [0.3, 0.4) is 0 Å². The van der Waals surface area contributed by atoms with Gasteiger partial charge in [-0.05, 0) is 63.3 Å². The Morgan fingerprint density at radius 3 is 1.78 bits per heavy atom. The van der Waals surface area contributed by atoms with Crippen molar-refractivity contribution in [3.63, 3.8) is 0 Å². The minimum Gasteiger partial charge on any atom is -0.456 e. The third kappa shape index (κ3) is 3.98. The topological polar surface area (TPSA) is 65.0 Å². The number of rotatable bonds is 3. The molecule has 232 valence electrons. The number of furan rings is 2. The molecule has 11 aromatic rings. The van der Waals surface area contributed by atoms with E-state index in [1.807, 2.05) is 54.6 Å². The molecule has 0 spiro atoms. The largest absolute Gasteiger partial charge is 0.456 e. The fourth-order valence-electron chi connectivity index (χ4n) is 7.63. The molecular formula is C45H25N3O2. The zero-order valence-corrected chi connectivity index (χ0v) is 26.6. The van der Waals surface area contributed by atoms with Crippen LogP contribution in [0.1, 0.15) is 0 Å². The fraction of sp³-hybridized carbons (Fsp3) is 0. The molecule has 11 rings (SSSR count). The highest BCUT2D eigenvalue weighted by Crippen LogP contribution is 2.41. The van der Waals surface area contributed by atoms with E-state index in [1.165, 1.54) is 5.39 Å². The Hall–Kier alpha value is -6.85. The lowest BCUT2D eigenvalue weighted by molar-refractivity contribution is 0.668. The number of benzene rings is 8. The Morgan fingerprint density at radius 1 is 0.320 bits per heavy atom. The van der Waals surface area contributed by atoms with Gasteiger partial charge in [-0.25, -0.2) is 15.0 Å². The van der Waals surface area contributed by atoms with E-state index in [0.717, 1.165) is 87.5 Å². The second-order valence-corrected chi connectivity index (χ2v) is 12.7. The van der Waals surface area contributed by atoms with Gasteiger partial charge in [0.25, 0.3) is 0 Å². The van der Waals surface area contributed by atoms with Crippen molar-refractivity contribution in [2.45, 2.75) is 0 Å². The normalized spacial score (nSPS) is 12.0. The van der Waals surface area contributed by atoms with Gasteiger partial charge in [-0.3, -0.25) is 0 Å². The maximum atomic E-state index is 6.31. The minimum absolute atomic E-state index is 0.568. The Labute approximate surface area is 285 Å². The summed E-state index contributed by atoms with van der Waals surface area (Å²) in [5.74, 6) is 1.75. The van der Waals surface area contributed by atoms with E-state index in [4.69, 9.17) is 23.8 Å². The second kappa shape index (κ2) is 10.3. The summed E-state index contributed by atoms with van der Waals surface area (Å²) in [7, 11) is 0. The Kier molecular flexibility index (Phi) is 5.60. The lowest BCUT2D eigenvalue weighted by Gasteiger charge is -2.14. The van der Waals surface area contributed by atoms with Crippen molar-refractivity contribution in [1.29, 1.82) is 0 Å². The van der Waals surface area contributed by atoms with Gasteiger partial charge in [-0.2, -0.15) is 0 Å². The van der Waals surface area contributed by atoms with E-state index < -0.39 is 0 Å². The average molecular weight is 640 g/mol. The van der Waals surface area contributed by atoms with Crippen LogP contribution in [-0.4, -0.2) is 15.0 Å². The lowest BCUT2D eigenvalue weighted by Crippen LogP contribution is -2.01. The Morgan fingerprint density at radius 2 is 0.920 bits per heavy atom. The Bertz CT molecular complexity index is 3170. The molecule has 5 nitrogen and oxygen atoms in total. The van der Waals surface area contributed by atoms with E-state index >= 15 is 0 Å². The molecule has 0 aliphatic carbocycles. The number of nitrogens with zero attached hydrogens (tertiary/aromatic N) is 3. The summed E-state index contributed by atoms with van der Waals surface area (Å²) in [6, 6.07) is 52.2. The van der Waals surface area contributed by atoms with Crippen molar-refractivity contribution >= 4 is 76.2 Å². The highest BCUT2D eigenvalue weighted by molar-refractivity contribution is 6.22. The van der Waals surface area contributed by atoms with Crippen molar-refractivity contribution in [1.82, 2.24) is 15.0 Å². The van der Waals surface area contributed by atoms with Crippen molar-refractivity contribution in [2.75, 3.05) is 0 Å². The summed E-state index contributed by atoms with van der Waals surface area (Å²) in [6.07, 6.45) is 0. The van der Waals surface area contributed by atoms with Gasteiger partial charge >= 0.3 is 0 Å². The molecule has 0 saturated heterocycles. The summed E-state index contributed by atoms with van der Waals surface area (Å²) >= 11 is 0. The molecule has 5 heteroatoms. The van der Waals surface area contributed by atoms with Crippen molar-refractivity contribution in [2.24, 2.45) is 0 Å². The SMILES string of the molecule is c1ccc2c(c1)cc(-c1nc(-c3ccc4c(c3)oc3ccccc34)nc(-c3cccc4oc5ccccc5c34)n1)c1c3ccccc3ccc21. The number of aromatic nitrogens is 3. The van der Waals surface area contributed by atoms with Crippen LogP contribution in [0.4, 0.5) is 0 Å². The van der Waals surface area contributed by atoms with Gasteiger partial charge in [-0.15, -0.1) is 0 Å². The van der Waals surface area contributed by atoms with E-state index in [-0.39, 0.29) is 0 Å². The minimum atomic E-state index is 0.568. The summed E-state index contributed by atoms with van der Waals surface area (Å²) in [4.78, 5) is 15.8. The van der Waals surface area contributed by atoms with Crippen molar-refractivity contribution in [3.8, 4) is 34.2 Å². The van der Waals surface area contributed by atoms with E-state index in [9.17, 15) is 0 Å². The molecule has 0 N–H and O–H groups in total. The van der Waals surface area contributed by atoms with E-state index in [1.54, 1.807) is 0 Å². The zero-order chi connectivity index (χ0) is 32.8. The predicted octanol–water partition coefficient (Wildman–Crippen LogP) is 12.1. The first-order chi connectivity index (χ1) is 24.8. The van der Waals surface area contributed by atoms with Gasteiger partial charge < -0.3 is 8.83 Å². The molecule has 0 bridgehead atoms. The number of para-hydroxylation sites is 2. The molecule has 50 heavy (non-hydrogen) atoms. The van der Waals surface area contributed by atoms with Crippen LogP contribution in [-0.2, 0) is 0 Å². The third-order valence-corrected chi connectivity index (χ3v) is 9.91. The first kappa shape index (κ1) is 27.1. The summed E-state index contributed by atoms with van der Waals surface area (Å²) < 4.78 is 12.6. The second-order valence-electron chi connectivity index (χ2n) is 12.7. The first-order valence-corrected chi connectivity index (χ1v) is 16.7. The molecule has 8 aromatic carbocycles. The maximum Gasteiger partial charge on any atom is 0.164 e. The van der Waals surface area contributed by atoms with Gasteiger partial charge in [0.1, 0.15) is 22.3 Å². The van der Waals surface area contributed by atoms with Crippen LogP contribution in [0, 0.1) is 0 Å². The average Bonchev–Trinajstić information content (AvgIpc) is 3.75. The Balaban J connectivity index is 1.25. The molecule has 3 aromatic heterocycles. The third-order valence-electron chi connectivity index (χ3n) is 9.91. The predicted molar refractivity (Wildman–Crippen MR) is 203 cm³/mol. The molecule has 0 atom stereocenters. The van der Waals surface area contributed by atoms with Crippen LogP contribution < -0.4 is 0 Å². The van der Waals surface area contributed by atoms with Crippen molar-refractivity contribution < 1.29 is 8.83 Å². The van der Waals surface area contributed by atoms with Crippen LogP contribution in [0.2, 0.25) is 0 Å². The van der Waals surface area contributed by atoms with Crippen LogP contribution in [0.25, 0.3) is 110 Å². The smallest absolute Gasteiger partial charge is 0.164 e. The fourth-order valence-corrected chi connectivity index (χ4v) is 7.63. The van der Waals surface area contributed by atoms with Crippen LogP contribution in [0.5, 0.6) is 0 Å². The molecule has 0 unspecified atom stereocenters.